The quantitative estimate of drug-likeness (QED) is 0.737. The molecule has 94 valence electrons. The average Bonchev–Trinajstić information content (AvgIpc) is 2.76. The average molecular weight is 267 g/mol. The molecule has 2 heterocycles. The number of hydrogen-bond donors (Lipinski definition) is 3. The van der Waals surface area contributed by atoms with Gasteiger partial charge in [-0.25, -0.2) is 9.78 Å². The zero-order valence-corrected chi connectivity index (χ0v) is 9.86. The Bertz CT molecular complexity index is 520. The van der Waals surface area contributed by atoms with E-state index in [1.54, 1.807) is 0 Å². The van der Waals surface area contributed by atoms with Gasteiger partial charge in [0.25, 0.3) is 5.24 Å². The van der Waals surface area contributed by atoms with E-state index >= 15 is 0 Å². The van der Waals surface area contributed by atoms with E-state index in [2.05, 4.69) is 15.6 Å². The molecule has 0 aromatic carbocycles. The van der Waals surface area contributed by atoms with E-state index < -0.39 is 17.9 Å². The highest BCUT2D eigenvalue weighted by atomic mass is 32.2. The molecule has 0 aliphatic carbocycles. The second kappa shape index (κ2) is 5.05. The molecular weight excluding hydrogens is 258 g/mol. The maximum Gasteiger partial charge on any atom is 0.354 e. The lowest BCUT2D eigenvalue weighted by Gasteiger charge is -2.09. The Morgan fingerprint density at radius 3 is 2.89 bits per heavy atom. The van der Waals surface area contributed by atoms with Gasteiger partial charge in [-0.3, -0.25) is 9.59 Å². The van der Waals surface area contributed by atoms with Crippen molar-refractivity contribution < 1.29 is 19.5 Å². The number of aromatic carboxylic acids is 1. The van der Waals surface area contributed by atoms with Crippen molar-refractivity contribution in [2.24, 2.45) is 0 Å². The Morgan fingerprint density at radius 2 is 2.28 bits per heavy atom. The summed E-state index contributed by atoms with van der Waals surface area (Å²) in [5.74, 6) is -1.09. The molecule has 2 amide bonds. The Kier molecular flexibility index (Phi) is 3.47. The minimum Gasteiger partial charge on any atom is -0.477 e. The lowest BCUT2D eigenvalue weighted by Crippen LogP contribution is -2.38. The summed E-state index contributed by atoms with van der Waals surface area (Å²) in [6.07, 6.45) is 0. The monoisotopic (exact) mass is 267 g/mol. The van der Waals surface area contributed by atoms with Crippen LogP contribution in [-0.2, 0) is 4.79 Å². The van der Waals surface area contributed by atoms with Gasteiger partial charge in [-0.15, -0.1) is 0 Å². The number of carbonyl (C=O) groups is 3. The lowest BCUT2D eigenvalue weighted by molar-refractivity contribution is -0.117. The summed E-state index contributed by atoms with van der Waals surface area (Å²) in [6.45, 7) is 0. The highest BCUT2D eigenvalue weighted by Gasteiger charge is 2.28. The zero-order valence-electron chi connectivity index (χ0n) is 9.04. The fourth-order valence-electron chi connectivity index (χ4n) is 1.36. The van der Waals surface area contributed by atoms with E-state index in [-0.39, 0.29) is 16.8 Å². The van der Waals surface area contributed by atoms with Crippen LogP contribution in [0.2, 0.25) is 0 Å². The SMILES string of the molecule is O=C1NC(C(=O)Nc2cccc(C(=O)O)n2)CS1. The van der Waals surface area contributed by atoms with Crippen LogP contribution < -0.4 is 10.6 Å². The summed E-state index contributed by atoms with van der Waals surface area (Å²) >= 11 is 1.03. The van der Waals surface area contributed by atoms with E-state index in [4.69, 9.17) is 5.11 Å². The summed E-state index contributed by atoms with van der Waals surface area (Å²) in [5, 5.41) is 13.4. The highest BCUT2D eigenvalue weighted by Crippen LogP contribution is 2.14. The summed E-state index contributed by atoms with van der Waals surface area (Å²) in [7, 11) is 0. The number of rotatable bonds is 3. The minimum absolute atomic E-state index is 0.144. The second-order valence-electron chi connectivity index (χ2n) is 3.50. The predicted octanol–water partition coefficient (Wildman–Crippen LogP) is 0.543. The number of carboxylic acid groups (broad SMARTS) is 1. The first kappa shape index (κ1) is 12.4. The van der Waals surface area contributed by atoms with Gasteiger partial charge in [0.05, 0.1) is 0 Å². The van der Waals surface area contributed by atoms with Crippen molar-refractivity contribution in [3.63, 3.8) is 0 Å². The fourth-order valence-corrected chi connectivity index (χ4v) is 2.14. The Hall–Kier alpha value is -2.09. The normalized spacial score (nSPS) is 18.2. The topological polar surface area (TPSA) is 108 Å². The third kappa shape index (κ3) is 2.77. The van der Waals surface area contributed by atoms with Crippen LogP contribution in [0.1, 0.15) is 10.5 Å². The van der Waals surface area contributed by atoms with Gasteiger partial charge in [0.2, 0.25) is 5.91 Å². The molecule has 1 aromatic heterocycles. The Labute approximate surface area is 106 Å². The molecule has 1 aliphatic heterocycles. The summed E-state index contributed by atoms with van der Waals surface area (Å²) < 4.78 is 0. The van der Waals surface area contributed by atoms with E-state index in [9.17, 15) is 14.4 Å². The third-order valence-corrected chi connectivity index (χ3v) is 3.09. The van der Waals surface area contributed by atoms with E-state index in [1.165, 1.54) is 18.2 Å². The molecular formula is C10H9N3O4S. The van der Waals surface area contributed by atoms with Gasteiger partial charge >= 0.3 is 5.97 Å². The van der Waals surface area contributed by atoms with Crippen LogP contribution in [0.15, 0.2) is 18.2 Å². The number of carbonyl (C=O) groups excluding carboxylic acids is 2. The molecule has 1 aromatic rings. The number of nitrogens with zero attached hydrogens (tertiary/aromatic N) is 1. The maximum absolute atomic E-state index is 11.7. The molecule has 8 heteroatoms. The maximum atomic E-state index is 11.7. The lowest BCUT2D eigenvalue weighted by atomic mass is 10.3. The molecule has 1 fully saturated rings. The van der Waals surface area contributed by atoms with Crippen molar-refractivity contribution in [3.8, 4) is 0 Å². The summed E-state index contributed by atoms with van der Waals surface area (Å²) in [6, 6.07) is 3.67. The summed E-state index contributed by atoms with van der Waals surface area (Å²) in [5.41, 5.74) is -0.155. The van der Waals surface area contributed by atoms with Gasteiger partial charge in [0, 0.05) is 5.75 Å². The number of aromatic nitrogens is 1. The first-order valence-corrected chi connectivity index (χ1v) is 5.99. The van der Waals surface area contributed by atoms with Gasteiger partial charge in [-0.05, 0) is 12.1 Å². The fraction of sp³-hybridized carbons (Fsp3) is 0.200. The van der Waals surface area contributed by atoms with Crippen LogP contribution >= 0.6 is 11.8 Å². The van der Waals surface area contributed by atoms with E-state index in [0.717, 1.165) is 11.8 Å². The number of anilines is 1. The smallest absolute Gasteiger partial charge is 0.354 e. The van der Waals surface area contributed by atoms with Crippen LogP contribution in [0, 0.1) is 0 Å². The molecule has 0 bridgehead atoms. The van der Waals surface area contributed by atoms with Gasteiger partial charge in [0.15, 0.2) is 5.69 Å². The van der Waals surface area contributed by atoms with Crippen molar-refractivity contribution in [1.29, 1.82) is 0 Å². The van der Waals surface area contributed by atoms with Crippen LogP contribution in [0.25, 0.3) is 0 Å². The van der Waals surface area contributed by atoms with Crippen molar-refractivity contribution in [1.82, 2.24) is 10.3 Å². The van der Waals surface area contributed by atoms with E-state index in [0.29, 0.717) is 5.75 Å². The zero-order chi connectivity index (χ0) is 13.1. The molecule has 3 N–H and O–H groups in total. The predicted molar refractivity (Wildman–Crippen MR) is 64.6 cm³/mol. The largest absolute Gasteiger partial charge is 0.477 e. The third-order valence-electron chi connectivity index (χ3n) is 2.21. The molecule has 1 aliphatic rings. The molecule has 1 atom stereocenters. The molecule has 0 saturated carbocycles. The van der Waals surface area contributed by atoms with Crippen LogP contribution in [0.3, 0.4) is 0 Å². The number of carboxylic acids is 1. The van der Waals surface area contributed by atoms with Crippen molar-refractivity contribution in [3.05, 3.63) is 23.9 Å². The summed E-state index contributed by atoms with van der Waals surface area (Å²) in [4.78, 5) is 37.1. The molecule has 0 radical (unpaired) electrons. The van der Waals surface area contributed by atoms with Crippen molar-refractivity contribution in [2.45, 2.75) is 6.04 Å². The minimum atomic E-state index is -1.17. The molecule has 1 saturated heterocycles. The second-order valence-corrected chi connectivity index (χ2v) is 4.49. The van der Waals surface area contributed by atoms with Crippen LogP contribution in [0.4, 0.5) is 10.6 Å². The number of amides is 2. The first-order valence-electron chi connectivity index (χ1n) is 5.01. The number of pyridine rings is 1. The van der Waals surface area contributed by atoms with Crippen molar-refractivity contribution >= 4 is 34.7 Å². The Morgan fingerprint density at radius 1 is 1.50 bits per heavy atom. The highest BCUT2D eigenvalue weighted by molar-refractivity contribution is 8.14. The number of hydrogen-bond acceptors (Lipinski definition) is 5. The van der Waals surface area contributed by atoms with Gasteiger partial charge in [-0.1, -0.05) is 17.8 Å². The molecule has 18 heavy (non-hydrogen) atoms. The Balaban J connectivity index is 2.05. The molecule has 7 nitrogen and oxygen atoms in total. The number of nitrogens with one attached hydrogen (secondary N) is 2. The van der Waals surface area contributed by atoms with E-state index in [1.807, 2.05) is 0 Å². The number of thioether (sulfide) groups is 1. The molecule has 2 rings (SSSR count). The molecule has 1 unspecified atom stereocenters. The van der Waals surface area contributed by atoms with Gasteiger partial charge < -0.3 is 15.7 Å². The van der Waals surface area contributed by atoms with Crippen molar-refractivity contribution in [2.75, 3.05) is 11.1 Å². The standard InChI is InChI=1S/C10H9N3O4S/c14-8(6-4-18-10(17)12-6)13-7-3-1-2-5(11-7)9(15)16/h1-3,6H,4H2,(H,12,17)(H,15,16)(H,11,13,14). The van der Waals surface area contributed by atoms with Gasteiger partial charge in [-0.2, -0.15) is 0 Å². The van der Waals surface area contributed by atoms with Crippen LogP contribution in [0.5, 0.6) is 0 Å². The van der Waals surface area contributed by atoms with Gasteiger partial charge in [0.1, 0.15) is 11.9 Å². The first-order chi connectivity index (χ1) is 8.56. The molecule has 0 spiro atoms. The van der Waals surface area contributed by atoms with Crippen LogP contribution in [-0.4, -0.2) is 39.0 Å².